The van der Waals surface area contributed by atoms with E-state index in [2.05, 4.69) is 4.90 Å². The van der Waals surface area contributed by atoms with Crippen LogP contribution in [0.3, 0.4) is 0 Å². The van der Waals surface area contributed by atoms with Crippen molar-refractivity contribution in [1.29, 1.82) is 5.26 Å². The molecule has 3 rings (SSSR count). The Labute approximate surface area is 163 Å². The highest BCUT2D eigenvalue weighted by Crippen LogP contribution is 2.30. The van der Waals surface area contributed by atoms with Gasteiger partial charge in [-0.05, 0) is 33.3 Å². The summed E-state index contributed by atoms with van der Waals surface area (Å²) < 4.78 is 39.4. The van der Waals surface area contributed by atoms with Crippen molar-refractivity contribution in [3.05, 3.63) is 34.9 Å². The Morgan fingerprint density at radius 2 is 2.04 bits per heavy atom. The van der Waals surface area contributed by atoms with E-state index in [-0.39, 0.29) is 17.7 Å². The third-order valence-electron chi connectivity index (χ3n) is 4.94. The van der Waals surface area contributed by atoms with Crippen LogP contribution in [0.4, 0.5) is 13.6 Å². The van der Waals surface area contributed by atoms with Gasteiger partial charge in [0.05, 0.1) is 18.8 Å². The molecule has 152 valence electrons. The third kappa shape index (κ3) is 4.42. The van der Waals surface area contributed by atoms with Crippen molar-refractivity contribution in [2.45, 2.75) is 44.9 Å². The number of amides is 1. The van der Waals surface area contributed by atoms with Crippen LogP contribution in [0.15, 0.2) is 12.1 Å². The lowest BCUT2D eigenvalue weighted by Crippen LogP contribution is -2.51. The smallest absolute Gasteiger partial charge is 0.410 e. The summed E-state index contributed by atoms with van der Waals surface area (Å²) in [4.78, 5) is 16.2. The molecular weight excluding hydrogens is 368 g/mol. The fourth-order valence-corrected chi connectivity index (χ4v) is 3.60. The first-order chi connectivity index (χ1) is 13.2. The predicted octanol–water partition coefficient (Wildman–Crippen LogP) is 3.22. The Bertz CT molecular complexity index is 788. The molecule has 1 amide bonds. The van der Waals surface area contributed by atoms with Gasteiger partial charge in [-0.15, -0.1) is 0 Å². The number of hydrogen-bond donors (Lipinski definition) is 0. The molecule has 2 aliphatic heterocycles. The van der Waals surface area contributed by atoms with Gasteiger partial charge < -0.3 is 14.4 Å². The number of ether oxygens (including phenoxy) is 2. The van der Waals surface area contributed by atoms with Crippen LogP contribution >= 0.6 is 0 Å². The van der Waals surface area contributed by atoms with E-state index in [1.807, 2.05) is 20.8 Å². The molecule has 0 aromatic heterocycles. The summed E-state index contributed by atoms with van der Waals surface area (Å²) >= 11 is 0. The number of nitriles is 1. The molecule has 1 aromatic rings. The van der Waals surface area contributed by atoms with E-state index < -0.39 is 28.9 Å². The summed E-state index contributed by atoms with van der Waals surface area (Å²) in [6.45, 7) is 8.00. The fourth-order valence-electron chi connectivity index (χ4n) is 3.60. The average Bonchev–Trinajstić information content (AvgIpc) is 2.82. The molecule has 0 spiro atoms. The summed E-state index contributed by atoms with van der Waals surface area (Å²) in [5, 5.41) is 8.98. The highest BCUT2D eigenvalue weighted by atomic mass is 19.1. The van der Waals surface area contributed by atoms with E-state index in [4.69, 9.17) is 14.7 Å². The molecule has 2 unspecified atom stereocenters. The Balaban J connectivity index is 1.71. The van der Waals surface area contributed by atoms with Crippen LogP contribution in [0.5, 0.6) is 0 Å². The summed E-state index contributed by atoms with van der Waals surface area (Å²) in [6.07, 6.45) is -0.172. The number of morpholine rings is 1. The van der Waals surface area contributed by atoms with Gasteiger partial charge in [-0.1, -0.05) is 6.07 Å². The maximum Gasteiger partial charge on any atom is 0.410 e. The summed E-state index contributed by atoms with van der Waals surface area (Å²) in [6, 6.07) is 3.98. The number of hydrogen-bond acceptors (Lipinski definition) is 5. The molecule has 0 N–H and O–H groups in total. The molecule has 0 saturated carbocycles. The normalized spacial score (nSPS) is 23.5. The van der Waals surface area contributed by atoms with Crippen molar-refractivity contribution in [2.75, 3.05) is 32.8 Å². The Morgan fingerprint density at radius 1 is 1.29 bits per heavy atom. The maximum absolute atomic E-state index is 14.5. The minimum absolute atomic E-state index is 0.0229. The van der Waals surface area contributed by atoms with E-state index in [9.17, 15) is 13.6 Å². The minimum atomic E-state index is -0.875. The molecule has 2 saturated heterocycles. The molecule has 28 heavy (non-hydrogen) atoms. The maximum atomic E-state index is 14.5. The fraction of sp³-hybridized carbons (Fsp3) is 0.600. The lowest BCUT2D eigenvalue weighted by molar-refractivity contribution is -0.0675. The standard InChI is InChI=1S/C20H25F2N3O3/c1-20(2,3)28-19(26)25-8-4-7-24-11-17(27-12-13(24)10-25)14-5-6-16(21)15(9-23)18(14)22/h5-6,13,17H,4,7-8,10-12H2,1-3H3. The summed E-state index contributed by atoms with van der Waals surface area (Å²) in [7, 11) is 0. The first-order valence-corrected chi connectivity index (χ1v) is 9.41. The number of fused-ring (bicyclic) bond motifs is 1. The van der Waals surface area contributed by atoms with Gasteiger partial charge in [0.25, 0.3) is 0 Å². The molecule has 6 nitrogen and oxygen atoms in total. The van der Waals surface area contributed by atoms with E-state index in [0.717, 1.165) is 19.0 Å². The Morgan fingerprint density at radius 3 is 2.71 bits per heavy atom. The highest BCUT2D eigenvalue weighted by molar-refractivity contribution is 5.68. The quantitative estimate of drug-likeness (QED) is 0.733. The number of carbonyl (C=O) groups is 1. The SMILES string of the molecule is CC(C)(C)OC(=O)N1CCCN2CC(c3ccc(F)c(C#N)c3F)OCC2C1. The van der Waals surface area contributed by atoms with Crippen LogP contribution in [0.25, 0.3) is 0 Å². The molecule has 0 radical (unpaired) electrons. The van der Waals surface area contributed by atoms with Crippen molar-refractivity contribution in [3.63, 3.8) is 0 Å². The lowest BCUT2D eigenvalue weighted by Gasteiger charge is -2.39. The molecule has 2 heterocycles. The van der Waals surface area contributed by atoms with E-state index in [1.165, 1.54) is 6.07 Å². The number of rotatable bonds is 1. The van der Waals surface area contributed by atoms with E-state index in [1.54, 1.807) is 11.0 Å². The molecular formula is C20H25F2N3O3. The zero-order valence-corrected chi connectivity index (χ0v) is 16.4. The second kappa shape index (κ2) is 8.02. The van der Waals surface area contributed by atoms with E-state index in [0.29, 0.717) is 26.2 Å². The first-order valence-electron chi connectivity index (χ1n) is 9.41. The summed E-state index contributed by atoms with van der Waals surface area (Å²) in [5.41, 5.74) is -0.963. The van der Waals surface area contributed by atoms with Crippen LogP contribution in [0.1, 0.15) is 44.4 Å². The molecule has 2 aliphatic rings. The van der Waals surface area contributed by atoms with Crippen molar-refractivity contribution < 1.29 is 23.0 Å². The van der Waals surface area contributed by atoms with E-state index >= 15 is 0 Å². The zero-order chi connectivity index (χ0) is 20.5. The van der Waals surface area contributed by atoms with Gasteiger partial charge >= 0.3 is 6.09 Å². The van der Waals surface area contributed by atoms with Gasteiger partial charge in [-0.3, -0.25) is 4.90 Å². The van der Waals surface area contributed by atoms with Crippen molar-refractivity contribution in [2.24, 2.45) is 0 Å². The second-order valence-electron chi connectivity index (χ2n) is 8.19. The second-order valence-corrected chi connectivity index (χ2v) is 8.19. The average molecular weight is 393 g/mol. The van der Waals surface area contributed by atoms with Crippen molar-refractivity contribution >= 4 is 6.09 Å². The van der Waals surface area contributed by atoms with Crippen LogP contribution in [0, 0.1) is 23.0 Å². The molecule has 8 heteroatoms. The van der Waals surface area contributed by atoms with Gasteiger partial charge in [0.1, 0.15) is 28.9 Å². The molecule has 1 aromatic carbocycles. The highest BCUT2D eigenvalue weighted by Gasteiger charge is 2.36. The Kier molecular flexibility index (Phi) is 5.87. The minimum Gasteiger partial charge on any atom is -0.444 e. The molecule has 2 fully saturated rings. The predicted molar refractivity (Wildman–Crippen MR) is 97.6 cm³/mol. The van der Waals surface area contributed by atoms with Crippen LogP contribution in [-0.4, -0.2) is 60.3 Å². The molecule has 0 bridgehead atoms. The largest absolute Gasteiger partial charge is 0.444 e. The van der Waals surface area contributed by atoms with Gasteiger partial charge in [0.15, 0.2) is 0 Å². The van der Waals surface area contributed by atoms with Crippen LogP contribution < -0.4 is 0 Å². The number of benzene rings is 1. The first kappa shape index (κ1) is 20.5. The summed E-state index contributed by atoms with van der Waals surface area (Å²) in [5.74, 6) is -1.74. The lowest BCUT2D eigenvalue weighted by atomic mass is 10.0. The molecule has 2 atom stereocenters. The molecule has 0 aliphatic carbocycles. The van der Waals surface area contributed by atoms with Crippen LogP contribution in [-0.2, 0) is 9.47 Å². The van der Waals surface area contributed by atoms with Crippen LogP contribution in [0.2, 0.25) is 0 Å². The third-order valence-corrected chi connectivity index (χ3v) is 4.94. The van der Waals surface area contributed by atoms with Gasteiger partial charge in [0.2, 0.25) is 0 Å². The van der Waals surface area contributed by atoms with Gasteiger partial charge in [-0.2, -0.15) is 5.26 Å². The monoisotopic (exact) mass is 393 g/mol. The number of halogens is 2. The van der Waals surface area contributed by atoms with Crippen molar-refractivity contribution in [1.82, 2.24) is 9.80 Å². The Hall–Kier alpha value is -2.24. The van der Waals surface area contributed by atoms with Gasteiger partial charge in [-0.25, -0.2) is 13.6 Å². The number of nitrogens with zero attached hydrogens (tertiary/aromatic N) is 3. The topological polar surface area (TPSA) is 65.8 Å². The number of carbonyl (C=O) groups excluding carboxylic acids is 1. The van der Waals surface area contributed by atoms with Crippen molar-refractivity contribution in [3.8, 4) is 6.07 Å². The zero-order valence-electron chi connectivity index (χ0n) is 16.4. The van der Waals surface area contributed by atoms with Gasteiger partial charge in [0, 0.05) is 31.7 Å².